The molecule has 1 atom stereocenters. The number of H-pyrrole nitrogens is 2. The molecule has 4 aromatic rings. The zero-order valence-corrected chi connectivity index (χ0v) is 24.9. The number of hydrogen-bond acceptors (Lipinski definition) is 8. The first kappa shape index (κ1) is 28.2. The van der Waals surface area contributed by atoms with Crippen molar-refractivity contribution in [2.45, 2.75) is 38.9 Å². The van der Waals surface area contributed by atoms with Crippen molar-refractivity contribution in [2.75, 3.05) is 39.8 Å². The number of amides is 1. The van der Waals surface area contributed by atoms with Crippen LogP contribution in [0.4, 0.5) is 4.39 Å². The van der Waals surface area contributed by atoms with Crippen molar-refractivity contribution < 1.29 is 14.3 Å². The fraction of sp³-hybridized carbons (Fsp3) is 0.375. The molecule has 1 saturated heterocycles. The van der Waals surface area contributed by atoms with Crippen molar-refractivity contribution in [1.29, 1.82) is 0 Å². The fourth-order valence-electron chi connectivity index (χ4n) is 6.33. The number of aromatic hydroxyl groups is 1. The van der Waals surface area contributed by atoms with Crippen LogP contribution < -0.4 is 5.32 Å². The number of aromatic amines is 2. The number of phenols is 1. The number of phenolic OH excluding ortho intramolecular Hbond substituents is 1. The maximum Gasteiger partial charge on any atom is 0.274 e. The summed E-state index contributed by atoms with van der Waals surface area (Å²) in [5.41, 5.74) is 6.11. The number of carbonyl (C=O) groups is 1. The molecule has 12 heteroatoms. The minimum atomic E-state index is -0.649. The number of carbonyl (C=O) groups excluding carboxylic acids is 1. The normalized spacial score (nSPS) is 19.5. The first-order valence-electron chi connectivity index (χ1n) is 15.2. The molecule has 0 saturated carbocycles. The van der Waals surface area contributed by atoms with E-state index in [0.717, 1.165) is 71.6 Å². The van der Waals surface area contributed by atoms with Gasteiger partial charge >= 0.3 is 0 Å². The summed E-state index contributed by atoms with van der Waals surface area (Å²) >= 11 is 0. The van der Waals surface area contributed by atoms with Gasteiger partial charge in [0.2, 0.25) is 0 Å². The summed E-state index contributed by atoms with van der Waals surface area (Å²) in [4.78, 5) is 32.7. The van der Waals surface area contributed by atoms with Gasteiger partial charge in [0.05, 0.1) is 23.4 Å². The van der Waals surface area contributed by atoms with E-state index in [1.165, 1.54) is 12.1 Å². The molecule has 228 valence electrons. The lowest BCUT2D eigenvalue weighted by Gasteiger charge is -2.31. The lowest BCUT2D eigenvalue weighted by atomic mass is 9.96. The number of imidazole rings is 1. The molecular weight excluding hydrogens is 561 g/mol. The van der Waals surface area contributed by atoms with E-state index >= 15 is 0 Å². The van der Waals surface area contributed by atoms with Crippen LogP contribution in [0.25, 0.3) is 33.5 Å². The summed E-state index contributed by atoms with van der Waals surface area (Å²) in [5.74, 6) is -0.470. The minimum Gasteiger partial charge on any atom is -0.505 e. The van der Waals surface area contributed by atoms with Gasteiger partial charge in [-0.15, -0.1) is 0 Å². The molecule has 0 spiro atoms. The Morgan fingerprint density at radius 3 is 2.84 bits per heavy atom. The molecule has 0 aliphatic carbocycles. The minimum absolute atomic E-state index is 0.00289. The quantitative estimate of drug-likeness (QED) is 0.278. The number of nitrogens with zero attached hydrogens (tertiary/aromatic N) is 6. The van der Waals surface area contributed by atoms with Crippen LogP contribution in [0, 0.1) is 5.82 Å². The number of aromatic nitrogens is 4. The predicted octanol–water partition coefficient (Wildman–Crippen LogP) is 3.39. The Kier molecular flexibility index (Phi) is 7.39. The Hall–Kier alpha value is -4.55. The summed E-state index contributed by atoms with van der Waals surface area (Å²) in [7, 11) is 2.15. The Balaban J connectivity index is 1.06. The molecule has 0 bridgehead atoms. The van der Waals surface area contributed by atoms with E-state index in [9.17, 15) is 14.3 Å². The zero-order valence-electron chi connectivity index (χ0n) is 24.9. The van der Waals surface area contributed by atoms with Crippen LogP contribution in [0.1, 0.15) is 30.3 Å². The van der Waals surface area contributed by atoms with E-state index < -0.39 is 5.82 Å². The highest BCUT2D eigenvalue weighted by atomic mass is 19.1. The number of halogens is 1. The first-order chi connectivity index (χ1) is 21.4. The third kappa shape index (κ3) is 5.24. The molecule has 4 N–H and O–H groups in total. The van der Waals surface area contributed by atoms with Crippen LogP contribution in [-0.2, 0) is 24.2 Å². The maximum atomic E-state index is 14.2. The van der Waals surface area contributed by atoms with Gasteiger partial charge < -0.3 is 25.2 Å². The summed E-state index contributed by atoms with van der Waals surface area (Å²) in [6.07, 6.45) is 5.98. The van der Waals surface area contributed by atoms with Gasteiger partial charge in [-0.1, -0.05) is 13.0 Å². The highest BCUT2D eigenvalue weighted by Gasteiger charge is 2.29. The number of nitrogens with one attached hydrogen (secondary N) is 3. The van der Waals surface area contributed by atoms with Gasteiger partial charge in [-0.3, -0.25) is 19.8 Å². The summed E-state index contributed by atoms with van der Waals surface area (Å²) in [5, 5.41) is 21.7. The summed E-state index contributed by atoms with van der Waals surface area (Å²) in [6, 6.07) is 8.66. The number of aryl methyl sites for hydroxylation is 1. The van der Waals surface area contributed by atoms with Crippen molar-refractivity contribution in [3.63, 3.8) is 0 Å². The second-order valence-corrected chi connectivity index (χ2v) is 11.7. The van der Waals surface area contributed by atoms with E-state index in [1.807, 2.05) is 31.3 Å². The van der Waals surface area contributed by atoms with Gasteiger partial charge in [-0.25, -0.2) is 9.37 Å². The van der Waals surface area contributed by atoms with E-state index in [2.05, 4.69) is 42.3 Å². The number of aliphatic imine (C=N–C) groups is 1. The standard InChI is InChI=1S/C32H36FN9O2/c1-3-19-14-28(43)23(33)15-22(19)20-5-6-21-25(13-20)38-39-30(21)31-36-24-7-10-42(18-27(24)37-31)32(44)26-16-35-29(17-34-26)41-9-4-8-40(2)11-12-41/h5-6,13-17,29,35,43H,3-4,7-12,18H2,1-2H3,(H,36,37)(H,38,39). The molecule has 0 radical (unpaired) electrons. The lowest BCUT2D eigenvalue weighted by molar-refractivity contribution is -0.128. The van der Waals surface area contributed by atoms with Crippen molar-refractivity contribution in [1.82, 2.24) is 40.2 Å². The van der Waals surface area contributed by atoms with Crippen LogP contribution in [0.15, 0.2) is 47.2 Å². The third-order valence-electron chi connectivity index (χ3n) is 8.88. The van der Waals surface area contributed by atoms with E-state index in [-0.39, 0.29) is 17.8 Å². The zero-order chi connectivity index (χ0) is 30.4. The topological polar surface area (TPSA) is 129 Å². The number of rotatable bonds is 5. The summed E-state index contributed by atoms with van der Waals surface area (Å²) < 4.78 is 14.2. The first-order valence-corrected chi connectivity index (χ1v) is 15.2. The average molecular weight is 598 g/mol. The molecule has 3 aliphatic rings. The molecule has 7 rings (SSSR count). The van der Waals surface area contributed by atoms with Crippen molar-refractivity contribution in [3.05, 3.63) is 65.0 Å². The molecule has 5 heterocycles. The average Bonchev–Trinajstić information content (AvgIpc) is 3.60. The largest absolute Gasteiger partial charge is 0.505 e. The van der Waals surface area contributed by atoms with Crippen LogP contribution in [0.5, 0.6) is 5.75 Å². The van der Waals surface area contributed by atoms with Crippen molar-refractivity contribution >= 4 is 23.0 Å². The summed E-state index contributed by atoms with van der Waals surface area (Å²) in [6.45, 7) is 6.99. The fourth-order valence-corrected chi connectivity index (χ4v) is 6.33. The van der Waals surface area contributed by atoms with Crippen LogP contribution in [0.3, 0.4) is 0 Å². The lowest BCUT2D eigenvalue weighted by Crippen LogP contribution is -2.48. The van der Waals surface area contributed by atoms with Gasteiger partial charge in [0, 0.05) is 50.4 Å². The Morgan fingerprint density at radius 1 is 1.14 bits per heavy atom. The van der Waals surface area contributed by atoms with Gasteiger partial charge in [0.1, 0.15) is 17.6 Å². The van der Waals surface area contributed by atoms with E-state index in [1.54, 1.807) is 11.1 Å². The number of hydrogen-bond donors (Lipinski definition) is 4. The monoisotopic (exact) mass is 597 g/mol. The van der Waals surface area contributed by atoms with Crippen molar-refractivity contribution in [3.8, 4) is 28.4 Å². The number of likely N-dealkylation sites (N-methyl/N-ethyl adjacent to an activating group) is 1. The Bertz CT molecular complexity index is 1790. The second kappa shape index (κ2) is 11.5. The Labute approximate surface area is 254 Å². The van der Waals surface area contributed by atoms with E-state index in [4.69, 9.17) is 4.98 Å². The van der Waals surface area contributed by atoms with E-state index in [0.29, 0.717) is 43.1 Å². The number of benzene rings is 2. The second-order valence-electron chi connectivity index (χ2n) is 11.7. The third-order valence-corrected chi connectivity index (χ3v) is 8.88. The highest BCUT2D eigenvalue weighted by Crippen LogP contribution is 2.34. The molecule has 3 aliphatic heterocycles. The SMILES string of the molecule is CCc1cc(O)c(F)cc1-c1ccc2c(-c3nc4c([nH]3)CN(C(=O)C3=CNC(N5CCCN(C)CC5)C=N3)CC4)n[nH]c2c1. The highest BCUT2D eigenvalue weighted by molar-refractivity contribution is 5.96. The molecule has 44 heavy (non-hydrogen) atoms. The van der Waals surface area contributed by atoms with Crippen LogP contribution in [0.2, 0.25) is 0 Å². The van der Waals surface area contributed by atoms with Crippen LogP contribution in [-0.4, -0.2) is 98.0 Å². The van der Waals surface area contributed by atoms with Gasteiger partial charge in [-0.2, -0.15) is 5.10 Å². The maximum absolute atomic E-state index is 14.2. The molecule has 2 aromatic heterocycles. The number of fused-ring (bicyclic) bond motifs is 2. The predicted molar refractivity (Wildman–Crippen MR) is 166 cm³/mol. The Morgan fingerprint density at radius 2 is 2.02 bits per heavy atom. The molecule has 1 unspecified atom stereocenters. The smallest absolute Gasteiger partial charge is 0.274 e. The van der Waals surface area contributed by atoms with Crippen LogP contribution >= 0.6 is 0 Å². The molecular formula is C32H36FN9O2. The van der Waals surface area contributed by atoms with Crippen molar-refractivity contribution in [2.24, 2.45) is 4.99 Å². The van der Waals surface area contributed by atoms with Gasteiger partial charge in [0.25, 0.3) is 5.91 Å². The molecule has 1 fully saturated rings. The van der Waals surface area contributed by atoms with Gasteiger partial charge in [-0.05, 0) is 67.4 Å². The molecule has 2 aromatic carbocycles. The molecule has 1 amide bonds. The molecule has 11 nitrogen and oxygen atoms in total. The van der Waals surface area contributed by atoms with Gasteiger partial charge in [0.15, 0.2) is 17.4 Å².